The maximum atomic E-state index is 10.8. The first-order chi connectivity index (χ1) is 8.75. The zero-order chi connectivity index (χ0) is 12.8. The highest BCUT2D eigenvalue weighted by Crippen LogP contribution is 2.18. The van der Waals surface area contributed by atoms with E-state index in [0.717, 1.165) is 29.5 Å². The molecule has 0 radical (unpaired) electrons. The summed E-state index contributed by atoms with van der Waals surface area (Å²) in [5.41, 5.74) is 0.943. The van der Waals surface area contributed by atoms with Crippen molar-refractivity contribution in [3.8, 4) is 5.75 Å². The highest BCUT2D eigenvalue weighted by atomic mass is 16.5. The van der Waals surface area contributed by atoms with Gasteiger partial charge in [-0.05, 0) is 38.0 Å². The Morgan fingerprint density at radius 3 is 3.00 bits per heavy atom. The lowest BCUT2D eigenvalue weighted by molar-refractivity contribution is -0.117. The van der Waals surface area contributed by atoms with Gasteiger partial charge < -0.3 is 9.53 Å². The molecule has 94 valence electrons. The summed E-state index contributed by atoms with van der Waals surface area (Å²) in [5, 5.41) is 1.11. The van der Waals surface area contributed by atoms with Crippen molar-refractivity contribution in [1.29, 1.82) is 0 Å². The summed E-state index contributed by atoms with van der Waals surface area (Å²) >= 11 is 0. The molecule has 2 aromatic rings. The second kappa shape index (κ2) is 6.15. The second-order valence-corrected chi connectivity index (χ2v) is 4.37. The van der Waals surface area contributed by atoms with Gasteiger partial charge >= 0.3 is 0 Å². The van der Waals surface area contributed by atoms with E-state index in [-0.39, 0.29) is 5.78 Å². The van der Waals surface area contributed by atoms with Gasteiger partial charge in [0.15, 0.2) is 0 Å². The summed E-state index contributed by atoms with van der Waals surface area (Å²) < 4.78 is 5.64. The van der Waals surface area contributed by atoms with Crippen LogP contribution < -0.4 is 4.74 Å². The van der Waals surface area contributed by atoms with E-state index in [0.29, 0.717) is 13.0 Å². The summed E-state index contributed by atoms with van der Waals surface area (Å²) in [7, 11) is 0. The van der Waals surface area contributed by atoms with E-state index in [1.54, 1.807) is 13.1 Å². The van der Waals surface area contributed by atoms with Gasteiger partial charge in [-0.25, -0.2) is 0 Å². The molecule has 0 spiro atoms. The van der Waals surface area contributed by atoms with Crippen LogP contribution >= 0.6 is 0 Å². The number of carbonyl (C=O) groups excluding carboxylic acids is 1. The third-order valence-electron chi connectivity index (χ3n) is 2.77. The molecule has 0 atom stereocenters. The number of hydrogen-bond acceptors (Lipinski definition) is 3. The van der Waals surface area contributed by atoms with Gasteiger partial charge in [-0.1, -0.05) is 6.07 Å². The predicted octanol–water partition coefficient (Wildman–Crippen LogP) is 3.37. The Balaban J connectivity index is 1.86. The van der Waals surface area contributed by atoms with Crippen molar-refractivity contribution in [2.45, 2.75) is 26.2 Å². The van der Waals surface area contributed by atoms with Crippen LogP contribution in [0.2, 0.25) is 0 Å². The Labute approximate surface area is 107 Å². The summed E-state index contributed by atoms with van der Waals surface area (Å²) in [6.07, 6.45) is 4.21. The molecule has 1 heterocycles. The van der Waals surface area contributed by atoms with E-state index >= 15 is 0 Å². The molecule has 0 aliphatic rings. The van der Waals surface area contributed by atoms with Crippen molar-refractivity contribution in [2.24, 2.45) is 0 Å². The fourth-order valence-corrected chi connectivity index (χ4v) is 1.80. The number of pyridine rings is 1. The first kappa shape index (κ1) is 12.6. The van der Waals surface area contributed by atoms with E-state index in [1.165, 1.54) is 0 Å². The molecule has 0 unspecified atom stereocenters. The molecular formula is C15H17NO2. The molecule has 0 saturated heterocycles. The Hall–Kier alpha value is -1.90. The molecule has 0 aliphatic carbocycles. The van der Waals surface area contributed by atoms with Crippen LogP contribution in [0.3, 0.4) is 0 Å². The van der Waals surface area contributed by atoms with Crippen LogP contribution in [0.4, 0.5) is 0 Å². The van der Waals surface area contributed by atoms with Crippen molar-refractivity contribution >= 4 is 16.7 Å². The summed E-state index contributed by atoms with van der Waals surface area (Å²) in [4.78, 5) is 15.1. The average Bonchev–Trinajstić information content (AvgIpc) is 2.38. The van der Waals surface area contributed by atoms with E-state index in [9.17, 15) is 4.79 Å². The highest BCUT2D eigenvalue weighted by Gasteiger charge is 1.98. The highest BCUT2D eigenvalue weighted by molar-refractivity contribution is 5.79. The van der Waals surface area contributed by atoms with Crippen LogP contribution in [-0.4, -0.2) is 17.4 Å². The molecule has 0 N–H and O–H groups in total. The van der Waals surface area contributed by atoms with Gasteiger partial charge in [-0.3, -0.25) is 4.98 Å². The topological polar surface area (TPSA) is 39.2 Å². The van der Waals surface area contributed by atoms with Crippen LogP contribution in [0, 0.1) is 0 Å². The average molecular weight is 243 g/mol. The SMILES string of the molecule is CC(=O)CCCCOc1ccc2cccnc2c1. The molecule has 0 fully saturated rings. The summed E-state index contributed by atoms with van der Waals surface area (Å²) in [6.45, 7) is 2.27. The van der Waals surface area contributed by atoms with Crippen molar-refractivity contribution in [1.82, 2.24) is 4.98 Å². The number of ketones is 1. The molecule has 3 nitrogen and oxygen atoms in total. The largest absolute Gasteiger partial charge is 0.494 e. The number of nitrogens with zero attached hydrogens (tertiary/aromatic N) is 1. The number of unbranched alkanes of at least 4 members (excludes halogenated alkanes) is 1. The van der Waals surface area contributed by atoms with E-state index in [4.69, 9.17) is 4.74 Å². The van der Waals surface area contributed by atoms with E-state index in [2.05, 4.69) is 4.98 Å². The van der Waals surface area contributed by atoms with Crippen molar-refractivity contribution in [3.63, 3.8) is 0 Å². The van der Waals surface area contributed by atoms with Gasteiger partial charge in [0.05, 0.1) is 12.1 Å². The Bertz CT molecular complexity index is 537. The Kier molecular flexibility index (Phi) is 4.29. The fraction of sp³-hybridized carbons (Fsp3) is 0.333. The first-order valence-electron chi connectivity index (χ1n) is 6.23. The molecule has 3 heteroatoms. The predicted molar refractivity (Wildman–Crippen MR) is 71.8 cm³/mol. The molecule has 18 heavy (non-hydrogen) atoms. The number of benzene rings is 1. The Morgan fingerprint density at radius 1 is 1.28 bits per heavy atom. The second-order valence-electron chi connectivity index (χ2n) is 4.37. The first-order valence-corrected chi connectivity index (χ1v) is 6.23. The maximum absolute atomic E-state index is 10.8. The molecule has 0 bridgehead atoms. The molecule has 0 aliphatic heterocycles. The van der Waals surface area contributed by atoms with E-state index in [1.807, 2.05) is 30.3 Å². The lowest BCUT2D eigenvalue weighted by Crippen LogP contribution is -1.99. The molecule has 0 saturated carbocycles. The van der Waals surface area contributed by atoms with Gasteiger partial charge in [0.1, 0.15) is 11.5 Å². The van der Waals surface area contributed by atoms with Crippen LogP contribution in [0.1, 0.15) is 26.2 Å². The molecule has 1 aromatic carbocycles. The number of hydrogen-bond donors (Lipinski definition) is 0. The number of ether oxygens (including phenoxy) is 1. The molecule has 2 rings (SSSR count). The van der Waals surface area contributed by atoms with Crippen LogP contribution in [-0.2, 0) is 4.79 Å². The lowest BCUT2D eigenvalue weighted by atomic mass is 10.2. The minimum Gasteiger partial charge on any atom is -0.494 e. The number of aromatic nitrogens is 1. The fourth-order valence-electron chi connectivity index (χ4n) is 1.80. The standard InChI is InChI=1S/C15H17NO2/c1-12(17)5-2-3-10-18-14-8-7-13-6-4-9-16-15(13)11-14/h4,6-9,11H,2-3,5,10H2,1H3. The van der Waals surface area contributed by atoms with Gasteiger partial charge in [-0.15, -0.1) is 0 Å². The summed E-state index contributed by atoms with van der Waals surface area (Å²) in [6, 6.07) is 9.85. The third-order valence-corrected chi connectivity index (χ3v) is 2.77. The third kappa shape index (κ3) is 3.55. The van der Waals surface area contributed by atoms with Crippen molar-refractivity contribution in [2.75, 3.05) is 6.61 Å². The number of carbonyl (C=O) groups is 1. The number of fused-ring (bicyclic) bond motifs is 1. The van der Waals surface area contributed by atoms with E-state index < -0.39 is 0 Å². The quantitative estimate of drug-likeness (QED) is 0.730. The number of rotatable bonds is 6. The zero-order valence-electron chi connectivity index (χ0n) is 10.6. The summed E-state index contributed by atoms with van der Waals surface area (Å²) in [5.74, 6) is 1.08. The smallest absolute Gasteiger partial charge is 0.129 e. The van der Waals surface area contributed by atoms with Crippen molar-refractivity contribution < 1.29 is 9.53 Å². The minimum atomic E-state index is 0.241. The monoisotopic (exact) mass is 243 g/mol. The zero-order valence-corrected chi connectivity index (χ0v) is 10.6. The molecule has 0 amide bonds. The van der Waals surface area contributed by atoms with Gasteiger partial charge in [0.2, 0.25) is 0 Å². The van der Waals surface area contributed by atoms with Gasteiger partial charge in [-0.2, -0.15) is 0 Å². The molecule has 1 aromatic heterocycles. The lowest BCUT2D eigenvalue weighted by Gasteiger charge is -2.06. The van der Waals surface area contributed by atoms with Crippen LogP contribution in [0.15, 0.2) is 36.5 Å². The Morgan fingerprint density at radius 2 is 2.17 bits per heavy atom. The van der Waals surface area contributed by atoms with Crippen molar-refractivity contribution in [3.05, 3.63) is 36.5 Å². The normalized spacial score (nSPS) is 10.5. The van der Waals surface area contributed by atoms with Gasteiger partial charge in [0, 0.05) is 24.1 Å². The minimum absolute atomic E-state index is 0.241. The number of Topliss-reactive ketones (excluding diaryl/α,β-unsaturated/α-hetero) is 1. The van der Waals surface area contributed by atoms with Gasteiger partial charge in [0.25, 0.3) is 0 Å². The van der Waals surface area contributed by atoms with Crippen LogP contribution in [0.25, 0.3) is 10.9 Å². The van der Waals surface area contributed by atoms with Crippen LogP contribution in [0.5, 0.6) is 5.75 Å². The molecular weight excluding hydrogens is 226 g/mol. The maximum Gasteiger partial charge on any atom is 0.129 e.